The van der Waals surface area contributed by atoms with Crippen LogP contribution < -0.4 is 15.0 Å². The van der Waals surface area contributed by atoms with Crippen molar-refractivity contribution in [2.45, 2.75) is 25.2 Å². The number of hydrogen-bond acceptors (Lipinski definition) is 4. The number of nitrogens with zero attached hydrogens (tertiary/aromatic N) is 2. The summed E-state index contributed by atoms with van der Waals surface area (Å²) in [5, 5.41) is 11.0. The van der Waals surface area contributed by atoms with Crippen LogP contribution in [0.25, 0.3) is 11.3 Å². The van der Waals surface area contributed by atoms with Crippen LogP contribution in [0.15, 0.2) is 54.6 Å². The Morgan fingerprint density at radius 3 is 2.53 bits per heavy atom. The number of alkyl halides is 3. The fraction of sp³-hybridized carbons (Fsp3) is 0.273. The third-order valence-corrected chi connectivity index (χ3v) is 5.46. The lowest BCUT2D eigenvalue weighted by molar-refractivity contribution is -0.274. The second-order valence-electron chi connectivity index (χ2n) is 7.46. The number of rotatable bonds is 5. The van der Waals surface area contributed by atoms with Gasteiger partial charge in [-0.15, -0.1) is 13.2 Å². The van der Waals surface area contributed by atoms with Crippen LogP contribution in [0.2, 0.25) is 5.02 Å². The first-order valence-corrected chi connectivity index (χ1v) is 10.4. The number of ether oxygens (including phenoxy) is 1. The number of aromatic amines is 1. The van der Waals surface area contributed by atoms with E-state index >= 15 is 0 Å². The van der Waals surface area contributed by atoms with Crippen LogP contribution in [-0.2, 0) is 0 Å². The van der Waals surface area contributed by atoms with Crippen molar-refractivity contribution in [2.75, 3.05) is 18.0 Å². The molecule has 0 unspecified atom stereocenters. The van der Waals surface area contributed by atoms with Crippen molar-refractivity contribution in [1.29, 1.82) is 0 Å². The molecule has 10 heteroatoms. The fourth-order valence-electron chi connectivity index (χ4n) is 3.61. The van der Waals surface area contributed by atoms with Gasteiger partial charge in [0.05, 0.1) is 5.69 Å². The van der Waals surface area contributed by atoms with Gasteiger partial charge in [0.25, 0.3) is 5.91 Å². The number of carbonyl (C=O) groups excluding carboxylic acids is 1. The van der Waals surface area contributed by atoms with Gasteiger partial charge < -0.3 is 15.0 Å². The highest BCUT2D eigenvalue weighted by Gasteiger charge is 2.31. The average Bonchev–Trinajstić information content (AvgIpc) is 3.24. The number of amides is 1. The first-order chi connectivity index (χ1) is 15.3. The van der Waals surface area contributed by atoms with Crippen molar-refractivity contribution in [2.24, 2.45) is 0 Å². The quantitative estimate of drug-likeness (QED) is 0.556. The monoisotopic (exact) mass is 464 g/mol. The number of H-pyrrole nitrogens is 1. The summed E-state index contributed by atoms with van der Waals surface area (Å²) in [6.07, 6.45) is -3.43. The lowest BCUT2D eigenvalue weighted by Gasteiger charge is -2.32. The van der Waals surface area contributed by atoms with Crippen LogP contribution in [0.5, 0.6) is 5.75 Å². The van der Waals surface area contributed by atoms with Gasteiger partial charge in [-0.3, -0.25) is 9.89 Å². The van der Waals surface area contributed by atoms with Gasteiger partial charge in [-0.2, -0.15) is 5.10 Å². The molecule has 2 aromatic carbocycles. The number of carbonyl (C=O) groups is 1. The molecule has 1 saturated heterocycles. The van der Waals surface area contributed by atoms with Crippen molar-refractivity contribution in [3.8, 4) is 17.0 Å². The Hall–Kier alpha value is -3.20. The van der Waals surface area contributed by atoms with Gasteiger partial charge in [0.2, 0.25) is 0 Å². The highest BCUT2D eigenvalue weighted by atomic mass is 35.5. The lowest BCUT2D eigenvalue weighted by atomic mass is 10.0. The van der Waals surface area contributed by atoms with Gasteiger partial charge in [-0.25, -0.2) is 0 Å². The molecule has 0 atom stereocenters. The number of benzene rings is 2. The summed E-state index contributed by atoms with van der Waals surface area (Å²) in [5.41, 5.74) is 1.98. The summed E-state index contributed by atoms with van der Waals surface area (Å²) in [7, 11) is 0. The summed E-state index contributed by atoms with van der Waals surface area (Å²) in [4.78, 5) is 14.6. The SMILES string of the molecule is O=C(NC1CCN(c2cc(-c3ccc(Cl)cc3)[nH]n2)CC1)c1cccc(OC(F)(F)F)c1. The minimum Gasteiger partial charge on any atom is -0.406 e. The third kappa shape index (κ3) is 5.53. The van der Waals surface area contributed by atoms with Crippen LogP contribution in [-0.4, -0.2) is 41.6 Å². The van der Waals surface area contributed by atoms with Crippen LogP contribution in [0.1, 0.15) is 23.2 Å². The van der Waals surface area contributed by atoms with E-state index in [1.54, 1.807) is 0 Å². The van der Waals surface area contributed by atoms with E-state index in [0.717, 1.165) is 29.2 Å². The van der Waals surface area contributed by atoms with Gasteiger partial charge in [0.1, 0.15) is 5.75 Å². The highest BCUT2D eigenvalue weighted by molar-refractivity contribution is 6.30. The van der Waals surface area contributed by atoms with Crippen LogP contribution in [0, 0.1) is 0 Å². The molecule has 32 heavy (non-hydrogen) atoms. The minimum atomic E-state index is -4.80. The number of halogens is 4. The van der Waals surface area contributed by atoms with Gasteiger partial charge in [-0.05, 0) is 48.7 Å². The molecule has 0 bridgehead atoms. The number of anilines is 1. The molecule has 0 radical (unpaired) electrons. The van der Waals surface area contributed by atoms with Crippen molar-refractivity contribution >= 4 is 23.3 Å². The van der Waals surface area contributed by atoms with E-state index in [2.05, 4.69) is 25.2 Å². The molecule has 1 aromatic heterocycles. The molecule has 1 amide bonds. The van der Waals surface area contributed by atoms with E-state index in [-0.39, 0.29) is 11.6 Å². The molecule has 6 nitrogen and oxygen atoms in total. The van der Waals surface area contributed by atoms with Gasteiger partial charge in [0.15, 0.2) is 5.82 Å². The molecule has 4 rings (SSSR count). The molecule has 168 valence electrons. The average molecular weight is 465 g/mol. The molecule has 1 fully saturated rings. The molecule has 1 aliphatic rings. The summed E-state index contributed by atoms with van der Waals surface area (Å²) < 4.78 is 41.1. The van der Waals surface area contributed by atoms with E-state index in [1.807, 2.05) is 30.3 Å². The number of hydrogen-bond donors (Lipinski definition) is 2. The predicted molar refractivity (Wildman–Crippen MR) is 115 cm³/mol. The third-order valence-electron chi connectivity index (χ3n) is 5.20. The van der Waals surface area contributed by atoms with Crippen molar-refractivity contribution in [3.63, 3.8) is 0 Å². The van der Waals surface area contributed by atoms with Crippen molar-refractivity contribution in [3.05, 3.63) is 65.2 Å². The van der Waals surface area contributed by atoms with Crippen LogP contribution in [0.4, 0.5) is 19.0 Å². The Balaban J connectivity index is 1.32. The number of piperidine rings is 1. The topological polar surface area (TPSA) is 70.2 Å². The van der Waals surface area contributed by atoms with Crippen LogP contribution in [0.3, 0.4) is 0 Å². The number of aromatic nitrogens is 2. The maximum Gasteiger partial charge on any atom is 0.573 e. The summed E-state index contributed by atoms with van der Waals surface area (Å²) in [5.74, 6) is -0.0346. The zero-order valence-electron chi connectivity index (χ0n) is 16.8. The Morgan fingerprint density at radius 1 is 1.12 bits per heavy atom. The fourth-order valence-corrected chi connectivity index (χ4v) is 3.73. The zero-order valence-corrected chi connectivity index (χ0v) is 17.6. The molecular weight excluding hydrogens is 445 g/mol. The molecule has 0 aliphatic carbocycles. The van der Waals surface area contributed by atoms with Crippen molar-refractivity contribution < 1.29 is 22.7 Å². The minimum absolute atomic E-state index is 0.0828. The van der Waals surface area contributed by atoms with E-state index in [4.69, 9.17) is 11.6 Å². The molecule has 0 saturated carbocycles. The van der Waals surface area contributed by atoms with Gasteiger partial charge in [-0.1, -0.05) is 29.8 Å². The summed E-state index contributed by atoms with van der Waals surface area (Å²) in [6.45, 7) is 1.38. The zero-order chi connectivity index (χ0) is 22.7. The molecule has 2 heterocycles. The standard InChI is InChI=1S/C22H20ClF3N4O2/c23-16-6-4-14(5-7-16)19-13-20(29-28-19)30-10-8-17(9-11-30)27-21(31)15-2-1-3-18(12-15)32-22(24,25)26/h1-7,12-13,17H,8-11H2,(H,27,31)(H,28,29). The Labute approximate surface area is 187 Å². The largest absolute Gasteiger partial charge is 0.573 e. The molecular formula is C22H20ClF3N4O2. The molecule has 0 spiro atoms. The van der Waals surface area contributed by atoms with Gasteiger partial charge in [0, 0.05) is 35.8 Å². The van der Waals surface area contributed by atoms with E-state index < -0.39 is 18.0 Å². The first kappa shape index (κ1) is 22.0. The normalized spacial score (nSPS) is 14.9. The van der Waals surface area contributed by atoms with Crippen molar-refractivity contribution in [1.82, 2.24) is 15.5 Å². The molecule has 1 aliphatic heterocycles. The smallest absolute Gasteiger partial charge is 0.406 e. The second kappa shape index (κ2) is 9.12. The number of nitrogens with one attached hydrogen (secondary N) is 2. The second-order valence-corrected chi connectivity index (χ2v) is 7.89. The van der Waals surface area contributed by atoms with Crippen LogP contribution >= 0.6 is 11.6 Å². The maximum atomic E-state index is 12.5. The first-order valence-electron chi connectivity index (χ1n) is 10.00. The Morgan fingerprint density at radius 2 is 1.84 bits per heavy atom. The molecule has 2 N–H and O–H groups in total. The van der Waals surface area contributed by atoms with E-state index in [1.165, 1.54) is 12.1 Å². The summed E-state index contributed by atoms with van der Waals surface area (Å²) in [6, 6.07) is 14.4. The Bertz CT molecular complexity index is 1080. The predicted octanol–water partition coefficient (Wildman–Crippen LogP) is 5.03. The Kier molecular flexibility index (Phi) is 6.27. The molecule has 3 aromatic rings. The van der Waals surface area contributed by atoms with Gasteiger partial charge >= 0.3 is 6.36 Å². The lowest BCUT2D eigenvalue weighted by Crippen LogP contribution is -2.44. The van der Waals surface area contributed by atoms with E-state index in [0.29, 0.717) is 31.0 Å². The summed E-state index contributed by atoms with van der Waals surface area (Å²) >= 11 is 5.93. The van der Waals surface area contributed by atoms with E-state index in [9.17, 15) is 18.0 Å². The maximum absolute atomic E-state index is 12.5. The highest BCUT2D eigenvalue weighted by Crippen LogP contribution is 2.26.